The lowest BCUT2D eigenvalue weighted by molar-refractivity contribution is 0.0271. The molecule has 3 rings (SSSR count). The molecule has 1 atom stereocenters. The normalized spacial score (nSPS) is 12.0. The molecule has 0 amide bonds. The van der Waals surface area contributed by atoms with Gasteiger partial charge in [-0.1, -0.05) is 29.8 Å². The van der Waals surface area contributed by atoms with Gasteiger partial charge in [0.2, 0.25) is 0 Å². The molecule has 0 aliphatic heterocycles. The second-order valence-corrected chi connectivity index (χ2v) is 7.06. The molecule has 0 fully saturated rings. The summed E-state index contributed by atoms with van der Waals surface area (Å²) in [4.78, 5) is 15.7. The van der Waals surface area contributed by atoms with Crippen LogP contribution in [0.25, 0.3) is 0 Å². The molecule has 0 aliphatic rings. The zero-order valence-electron chi connectivity index (χ0n) is 16.8. The van der Waals surface area contributed by atoms with E-state index < -0.39 is 0 Å². The molecule has 0 spiro atoms. The summed E-state index contributed by atoms with van der Waals surface area (Å²) in [5, 5.41) is 0. The molecule has 5 heteroatoms. The monoisotopic (exact) mass is 378 g/mol. The second-order valence-electron chi connectivity index (χ2n) is 7.06. The van der Waals surface area contributed by atoms with Crippen molar-refractivity contribution in [3.05, 3.63) is 88.5 Å². The van der Waals surface area contributed by atoms with Crippen molar-refractivity contribution in [2.45, 2.75) is 40.0 Å². The molecule has 28 heavy (non-hydrogen) atoms. The van der Waals surface area contributed by atoms with E-state index in [9.17, 15) is 4.79 Å². The van der Waals surface area contributed by atoms with Crippen LogP contribution in [0.3, 0.4) is 0 Å². The van der Waals surface area contributed by atoms with Gasteiger partial charge in [0.15, 0.2) is 0 Å². The van der Waals surface area contributed by atoms with Crippen LogP contribution in [-0.4, -0.2) is 22.6 Å². The number of benzene rings is 2. The van der Waals surface area contributed by atoms with E-state index in [0.717, 1.165) is 5.56 Å². The van der Waals surface area contributed by atoms with Gasteiger partial charge in [0.1, 0.15) is 6.10 Å². The van der Waals surface area contributed by atoms with Gasteiger partial charge in [0, 0.05) is 12.4 Å². The Morgan fingerprint density at radius 3 is 2.36 bits per heavy atom. The Kier molecular flexibility index (Phi) is 6.26. The number of esters is 1. The van der Waals surface area contributed by atoms with Crippen molar-refractivity contribution in [1.82, 2.24) is 9.55 Å². The third-order valence-electron chi connectivity index (χ3n) is 4.82. The molecule has 5 nitrogen and oxygen atoms in total. The van der Waals surface area contributed by atoms with Crippen LogP contribution in [-0.2, 0) is 22.6 Å². The summed E-state index contributed by atoms with van der Waals surface area (Å²) >= 11 is 0. The molecular formula is C23H26N2O3. The van der Waals surface area contributed by atoms with Crippen molar-refractivity contribution in [3.63, 3.8) is 0 Å². The van der Waals surface area contributed by atoms with Crippen molar-refractivity contribution in [3.8, 4) is 0 Å². The minimum Gasteiger partial charge on any atom is -0.465 e. The van der Waals surface area contributed by atoms with Crippen LogP contribution >= 0.6 is 0 Å². The van der Waals surface area contributed by atoms with Gasteiger partial charge in [-0.15, -0.1) is 0 Å². The molecule has 3 aromatic rings. The number of nitrogens with zero attached hydrogens (tertiary/aromatic N) is 2. The van der Waals surface area contributed by atoms with E-state index in [0.29, 0.717) is 18.7 Å². The van der Waals surface area contributed by atoms with Gasteiger partial charge >= 0.3 is 5.97 Å². The fourth-order valence-electron chi connectivity index (χ4n) is 3.56. The zero-order chi connectivity index (χ0) is 20.1. The Morgan fingerprint density at radius 2 is 1.79 bits per heavy atom. The SMILES string of the molecule is COC(=O)c1ccc(COC(Cn2ccnc2)c2c(C)cc(C)cc2C)cc1. The van der Waals surface area contributed by atoms with E-state index in [1.54, 1.807) is 24.7 Å². The summed E-state index contributed by atoms with van der Waals surface area (Å²) in [5.41, 5.74) is 6.45. The second kappa shape index (κ2) is 8.85. The molecule has 1 aromatic heterocycles. The van der Waals surface area contributed by atoms with Crippen LogP contribution in [0.5, 0.6) is 0 Å². The highest BCUT2D eigenvalue weighted by atomic mass is 16.5. The standard InChI is InChI=1S/C23H26N2O3/c1-16-11-17(2)22(18(3)12-16)21(13-25-10-9-24-15-25)28-14-19-5-7-20(8-6-19)23(26)27-4/h5-12,15,21H,13-14H2,1-4H3. The van der Waals surface area contributed by atoms with Crippen LogP contribution in [0.4, 0.5) is 0 Å². The fraction of sp³-hybridized carbons (Fsp3) is 0.304. The highest BCUT2D eigenvalue weighted by molar-refractivity contribution is 5.89. The first-order valence-corrected chi connectivity index (χ1v) is 9.30. The molecular weight excluding hydrogens is 352 g/mol. The lowest BCUT2D eigenvalue weighted by atomic mass is 9.95. The minimum atomic E-state index is -0.337. The van der Waals surface area contributed by atoms with Gasteiger partial charge in [-0.2, -0.15) is 0 Å². The number of imidazole rings is 1. The van der Waals surface area contributed by atoms with Crippen molar-refractivity contribution in [2.75, 3.05) is 7.11 Å². The maximum absolute atomic E-state index is 11.6. The average molecular weight is 378 g/mol. The van der Waals surface area contributed by atoms with Crippen LogP contribution in [0.2, 0.25) is 0 Å². The lowest BCUT2D eigenvalue weighted by Crippen LogP contribution is -2.15. The van der Waals surface area contributed by atoms with Crippen LogP contribution in [0.15, 0.2) is 55.1 Å². The molecule has 1 heterocycles. The van der Waals surface area contributed by atoms with Gasteiger partial charge in [0.25, 0.3) is 0 Å². The van der Waals surface area contributed by atoms with Gasteiger partial charge in [-0.05, 0) is 55.2 Å². The fourth-order valence-corrected chi connectivity index (χ4v) is 3.56. The third-order valence-corrected chi connectivity index (χ3v) is 4.82. The van der Waals surface area contributed by atoms with Gasteiger partial charge in [0.05, 0.1) is 32.2 Å². The first-order valence-electron chi connectivity index (χ1n) is 9.30. The molecule has 0 radical (unpaired) electrons. The summed E-state index contributed by atoms with van der Waals surface area (Å²) in [6.45, 7) is 7.51. The number of hydrogen-bond donors (Lipinski definition) is 0. The Hall–Kier alpha value is -2.92. The van der Waals surface area contributed by atoms with Crippen molar-refractivity contribution < 1.29 is 14.3 Å². The topological polar surface area (TPSA) is 53.4 Å². The number of rotatable bonds is 7. The van der Waals surface area contributed by atoms with Crippen LogP contribution in [0, 0.1) is 20.8 Å². The van der Waals surface area contributed by atoms with Crippen molar-refractivity contribution >= 4 is 5.97 Å². The van der Waals surface area contributed by atoms with Crippen molar-refractivity contribution in [1.29, 1.82) is 0 Å². The molecule has 0 saturated heterocycles. The maximum Gasteiger partial charge on any atom is 0.337 e. The number of carbonyl (C=O) groups excluding carboxylic acids is 1. The quantitative estimate of drug-likeness (QED) is 0.566. The van der Waals surface area contributed by atoms with E-state index in [2.05, 4.69) is 37.9 Å². The highest BCUT2D eigenvalue weighted by Gasteiger charge is 2.18. The number of aromatic nitrogens is 2. The largest absolute Gasteiger partial charge is 0.465 e. The molecule has 0 bridgehead atoms. The summed E-state index contributed by atoms with van der Waals surface area (Å²) in [6.07, 6.45) is 5.42. The van der Waals surface area contributed by atoms with Crippen LogP contribution in [0.1, 0.15) is 44.3 Å². The summed E-state index contributed by atoms with van der Waals surface area (Å²) < 4.78 is 13.1. The van der Waals surface area contributed by atoms with Gasteiger partial charge < -0.3 is 14.0 Å². The number of hydrogen-bond acceptors (Lipinski definition) is 4. The average Bonchev–Trinajstić information content (AvgIpc) is 3.18. The lowest BCUT2D eigenvalue weighted by Gasteiger charge is -2.23. The Bertz CT molecular complexity index is 908. The van der Waals surface area contributed by atoms with Crippen LogP contribution < -0.4 is 0 Å². The molecule has 2 aromatic carbocycles. The summed E-state index contributed by atoms with van der Waals surface area (Å²) in [7, 11) is 1.38. The van der Waals surface area contributed by atoms with Crippen molar-refractivity contribution in [2.24, 2.45) is 0 Å². The van der Waals surface area contributed by atoms with E-state index in [-0.39, 0.29) is 12.1 Å². The first-order chi connectivity index (χ1) is 13.5. The summed E-state index contributed by atoms with van der Waals surface area (Å²) in [6, 6.07) is 11.7. The molecule has 0 N–H and O–H groups in total. The zero-order valence-corrected chi connectivity index (χ0v) is 16.8. The molecule has 146 valence electrons. The van der Waals surface area contributed by atoms with E-state index in [1.165, 1.54) is 29.4 Å². The third kappa shape index (κ3) is 4.67. The maximum atomic E-state index is 11.6. The van der Waals surface area contributed by atoms with Gasteiger partial charge in [-0.25, -0.2) is 9.78 Å². The van der Waals surface area contributed by atoms with E-state index in [1.807, 2.05) is 22.9 Å². The first kappa shape index (κ1) is 19.8. The van der Waals surface area contributed by atoms with E-state index >= 15 is 0 Å². The number of methoxy groups -OCH3 is 1. The minimum absolute atomic E-state index is 0.102. The summed E-state index contributed by atoms with van der Waals surface area (Å²) in [5.74, 6) is -0.337. The molecule has 0 saturated carbocycles. The smallest absolute Gasteiger partial charge is 0.337 e. The number of carbonyl (C=O) groups is 1. The Labute approximate surface area is 165 Å². The Morgan fingerprint density at radius 1 is 1.11 bits per heavy atom. The molecule has 0 aliphatic carbocycles. The van der Waals surface area contributed by atoms with E-state index in [4.69, 9.17) is 9.47 Å². The Balaban J connectivity index is 1.81. The predicted octanol–water partition coefficient (Wildman–Crippen LogP) is 4.55. The molecule has 1 unspecified atom stereocenters. The number of aryl methyl sites for hydroxylation is 3. The number of ether oxygens (including phenoxy) is 2. The highest BCUT2D eigenvalue weighted by Crippen LogP contribution is 2.29. The van der Waals surface area contributed by atoms with Gasteiger partial charge in [-0.3, -0.25) is 0 Å². The predicted molar refractivity (Wildman–Crippen MR) is 108 cm³/mol.